The van der Waals surface area contributed by atoms with Crippen LogP contribution in [0.4, 0.5) is 0 Å². The molecule has 2 fully saturated rings. The van der Waals surface area contributed by atoms with Crippen LogP contribution in [0.5, 0.6) is 11.5 Å². The molecule has 0 aromatic heterocycles. The van der Waals surface area contributed by atoms with Gasteiger partial charge in [-0.05, 0) is 50.9 Å². The lowest BCUT2D eigenvalue weighted by atomic mass is 9.48. The van der Waals surface area contributed by atoms with Gasteiger partial charge in [0.05, 0.1) is 17.6 Å². The third-order valence-corrected chi connectivity index (χ3v) is 7.95. The number of aliphatic carboxylic acids is 1. The molecule has 10 heteroatoms. The number of aromatic hydroxyl groups is 1. The van der Waals surface area contributed by atoms with Gasteiger partial charge in [0.2, 0.25) is 0 Å². The number of nitrogens with zero attached hydrogens (tertiary/aromatic N) is 1. The third-order valence-electron chi connectivity index (χ3n) is 7.95. The summed E-state index contributed by atoms with van der Waals surface area (Å²) in [5.74, 6) is -0.454. The summed E-state index contributed by atoms with van der Waals surface area (Å²) in [6.07, 6.45) is 2.68. The molecular weight excluding hydrogens is 447 g/mol. The SMILES string of the molecule is CO[C@@]12CCC(N[C@@H](CO)C(=O)O)C3Oc4c(O)ccc5c4[C@@]31CCN(C)[C@@H]2C5.Cl.Cl. The Morgan fingerprint density at radius 2 is 2.13 bits per heavy atom. The first-order valence-corrected chi connectivity index (χ1v) is 10.3. The van der Waals surface area contributed by atoms with E-state index in [1.807, 2.05) is 6.07 Å². The second-order valence-electron chi connectivity index (χ2n) is 8.89. The summed E-state index contributed by atoms with van der Waals surface area (Å²) in [6, 6.07) is 2.53. The Morgan fingerprint density at radius 3 is 2.77 bits per heavy atom. The van der Waals surface area contributed by atoms with Crippen molar-refractivity contribution in [3.05, 3.63) is 23.3 Å². The molecule has 0 amide bonds. The number of ether oxygens (including phenoxy) is 2. The van der Waals surface area contributed by atoms with E-state index in [4.69, 9.17) is 9.47 Å². The van der Waals surface area contributed by atoms with E-state index >= 15 is 0 Å². The number of aliphatic hydroxyl groups is 1. The van der Waals surface area contributed by atoms with Gasteiger partial charge in [-0.2, -0.15) is 0 Å². The van der Waals surface area contributed by atoms with Crippen LogP contribution in [0.25, 0.3) is 0 Å². The van der Waals surface area contributed by atoms with Gasteiger partial charge >= 0.3 is 5.97 Å². The number of hydrogen-bond donors (Lipinski definition) is 4. The first-order valence-electron chi connectivity index (χ1n) is 10.3. The summed E-state index contributed by atoms with van der Waals surface area (Å²) in [4.78, 5) is 13.9. The molecular formula is C21H30Cl2N2O6. The fraction of sp³-hybridized carbons (Fsp3) is 0.667. The fourth-order valence-electron chi connectivity index (χ4n) is 6.77. The Bertz CT molecular complexity index is 873. The van der Waals surface area contributed by atoms with Gasteiger partial charge in [0.15, 0.2) is 11.5 Å². The number of likely N-dealkylation sites (tertiary alicyclic amines) is 1. The molecule has 0 radical (unpaired) electrons. The number of carboxylic acid groups (broad SMARTS) is 1. The minimum absolute atomic E-state index is 0. The van der Waals surface area contributed by atoms with Crippen LogP contribution in [-0.2, 0) is 21.4 Å². The standard InChI is InChI=1S/C21H28N2O6.2ClH/c1-23-8-7-20-16-11-3-4-14(25)17(16)29-18(20)12(22-13(10-24)19(26)27)5-6-21(20,28-2)15(23)9-11;;/h3-4,12-13,15,18,22,24-25H,5-10H2,1-2H3,(H,26,27);2*1H/t12?,13-,15+,18?,20-,21+;;/m0../s1. The summed E-state index contributed by atoms with van der Waals surface area (Å²) in [5.41, 5.74) is 1.28. The zero-order valence-electron chi connectivity index (χ0n) is 17.5. The number of benzene rings is 1. The summed E-state index contributed by atoms with van der Waals surface area (Å²) >= 11 is 0. The van der Waals surface area contributed by atoms with Crippen molar-refractivity contribution in [3.8, 4) is 11.5 Å². The van der Waals surface area contributed by atoms with E-state index in [1.165, 1.54) is 5.56 Å². The van der Waals surface area contributed by atoms with Crippen LogP contribution in [0.2, 0.25) is 0 Å². The zero-order valence-corrected chi connectivity index (χ0v) is 19.2. The van der Waals surface area contributed by atoms with Crippen LogP contribution in [-0.4, -0.2) is 83.3 Å². The van der Waals surface area contributed by atoms with Gasteiger partial charge in [-0.15, -0.1) is 24.8 Å². The Balaban J connectivity index is 0.00000136. The van der Waals surface area contributed by atoms with Crippen LogP contribution in [0, 0.1) is 0 Å². The van der Waals surface area contributed by atoms with Crippen molar-refractivity contribution >= 4 is 30.8 Å². The topological polar surface area (TPSA) is 111 Å². The van der Waals surface area contributed by atoms with Gasteiger partial charge in [0.25, 0.3) is 0 Å². The van der Waals surface area contributed by atoms with Gasteiger partial charge in [-0.3, -0.25) is 10.1 Å². The van der Waals surface area contributed by atoms with E-state index in [0.29, 0.717) is 12.2 Å². The molecule has 5 rings (SSSR count). The van der Waals surface area contributed by atoms with Crippen molar-refractivity contribution in [2.75, 3.05) is 27.3 Å². The molecule has 174 valence electrons. The smallest absolute Gasteiger partial charge is 0.323 e. The van der Waals surface area contributed by atoms with Gasteiger partial charge in [-0.25, -0.2) is 0 Å². The number of rotatable bonds is 5. The third kappa shape index (κ3) is 2.92. The molecule has 1 aromatic carbocycles. The van der Waals surface area contributed by atoms with Crippen molar-refractivity contribution in [3.63, 3.8) is 0 Å². The molecule has 6 atom stereocenters. The van der Waals surface area contributed by atoms with Crippen molar-refractivity contribution < 1.29 is 29.6 Å². The van der Waals surface area contributed by atoms with Gasteiger partial charge in [0.1, 0.15) is 12.1 Å². The van der Waals surface area contributed by atoms with E-state index in [0.717, 1.165) is 31.4 Å². The summed E-state index contributed by atoms with van der Waals surface area (Å²) in [6.45, 7) is 0.384. The predicted octanol–water partition coefficient (Wildman–Crippen LogP) is 1.08. The second kappa shape index (κ2) is 8.24. The number of phenolic OH excluding ortho intramolecular Hbond substituents is 1. The van der Waals surface area contributed by atoms with Gasteiger partial charge < -0.3 is 29.7 Å². The molecule has 8 nitrogen and oxygen atoms in total. The highest BCUT2D eigenvalue weighted by Crippen LogP contribution is 2.66. The first-order chi connectivity index (χ1) is 13.9. The maximum Gasteiger partial charge on any atom is 0.323 e. The van der Waals surface area contributed by atoms with Crippen LogP contribution in [0.1, 0.15) is 30.4 Å². The molecule has 4 N–H and O–H groups in total. The molecule has 1 aromatic rings. The highest BCUT2D eigenvalue weighted by atomic mass is 35.5. The van der Waals surface area contributed by atoms with Crippen molar-refractivity contribution in [2.45, 2.75) is 60.9 Å². The van der Waals surface area contributed by atoms with Crippen LogP contribution < -0.4 is 10.1 Å². The van der Waals surface area contributed by atoms with E-state index in [9.17, 15) is 20.1 Å². The van der Waals surface area contributed by atoms with E-state index < -0.39 is 29.6 Å². The number of nitrogens with one attached hydrogen (secondary N) is 1. The number of aliphatic hydroxyl groups excluding tert-OH is 1. The van der Waals surface area contributed by atoms with Crippen LogP contribution in [0.15, 0.2) is 12.1 Å². The summed E-state index contributed by atoms with van der Waals surface area (Å²) in [5, 5.41) is 32.7. The maximum absolute atomic E-state index is 11.5. The monoisotopic (exact) mass is 476 g/mol. The van der Waals surface area contributed by atoms with E-state index in [-0.39, 0.29) is 48.8 Å². The summed E-state index contributed by atoms with van der Waals surface area (Å²) in [7, 11) is 3.89. The van der Waals surface area contributed by atoms with Crippen molar-refractivity contribution in [1.29, 1.82) is 0 Å². The lowest BCUT2D eigenvalue weighted by Crippen LogP contribution is -2.78. The Labute approximate surface area is 193 Å². The Kier molecular flexibility index (Phi) is 6.48. The number of phenols is 1. The predicted molar refractivity (Wildman–Crippen MR) is 118 cm³/mol. The molecule has 4 aliphatic rings. The number of hydrogen-bond acceptors (Lipinski definition) is 7. The largest absolute Gasteiger partial charge is 0.504 e. The van der Waals surface area contributed by atoms with Crippen molar-refractivity contribution in [1.82, 2.24) is 10.2 Å². The molecule has 2 bridgehead atoms. The van der Waals surface area contributed by atoms with Gasteiger partial charge in [-0.1, -0.05) is 6.07 Å². The molecule has 2 unspecified atom stereocenters. The molecule has 2 heterocycles. The molecule has 2 aliphatic heterocycles. The number of methoxy groups -OCH3 is 1. The maximum atomic E-state index is 11.5. The minimum atomic E-state index is -1.09. The summed E-state index contributed by atoms with van der Waals surface area (Å²) < 4.78 is 12.8. The number of carboxylic acids is 1. The number of piperidine rings is 1. The zero-order chi connectivity index (χ0) is 20.6. The highest BCUT2D eigenvalue weighted by molar-refractivity contribution is 5.85. The normalized spacial score (nSPS) is 35.8. The molecule has 31 heavy (non-hydrogen) atoms. The van der Waals surface area contributed by atoms with Crippen molar-refractivity contribution in [2.24, 2.45) is 0 Å². The highest BCUT2D eigenvalue weighted by Gasteiger charge is 2.73. The second-order valence-corrected chi connectivity index (χ2v) is 8.89. The molecule has 1 saturated heterocycles. The lowest BCUT2D eigenvalue weighted by molar-refractivity contribution is -0.204. The fourth-order valence-corrected chi connectivity index (χ4v) is 6.77. The number of likely N-dealkylation sites (N-methyl/N-ethyl adjacent to an activating group) is 1. The Morgan fingerprint density at radius 1 is 1.39 bits per heavy atom. The first kappa shape index (κ1) is 24.4. The van der Waals surface area contributed by atoms with Gasteiger partial charge in [0, 0.05) is 24.8 Å². The number of halogens is 2. The average molecular weight is 477 g/mol. The van der Waals surface area contributed by atoms with E-state index in [2.05, 4.69) is 17.3 Å². The lowest BCUT2D eigenvalue weighted by Gasteiger charge is -2.65. The number of carbonyl (C=O) groups is 1. The molecule has 1 saturated carbocycles. The van der Waals surface area contributed by atoms with Crippen LogP contribution >= 0.6 is 24.8 Å². The average Bonchev–Trinajstić information content (AvgIpc) is 3.06. The van der Waals surface area contributed by atoms with E-state index in [1.54, 1.807) is 13.2 Å². The van der Waals surface area contributed by atoms with Crippen LogP contribution in [0.3, 0.4) is 0 Å². The Hall–Kier alpha value is -1.29. The molecule has 2 aliphatic carbocycles. The minimum Gasteiger partial charge on any atom is -0.504 e. The molecule has 1 spiro atoms. The quantitative estimate of drug-likeness (QED) is 0.499.